The summed E-state index contributed by atoms with van der Waals surface area (Å²) in [7, 11) is 0. The number of carbonyl (C=O) groups is 1. The van der Waals surface area contributed by atoms with Crippen molar-refractivity contribution in [2.24, 2.45) is 10.3 Å². The first-order valence-electron chi connectivity index (χ1n) is 8.49. The van der Waals surface area contributed by atoms with Gasteiger partial charge in [-0.3, -0.25) is 10.2 Å². The number of halogens is 1. The molecule has 0 radical (unpaired) electrons. The van der Waals surface area contributed by atoms with Crippen LogP contribution in [0.4, 0.5) is 4.39 Å². The number of amidine groups is 1. The van der Waals surface area contributed by atoms with Crippen LogP contribution in [0.15, 0.2) is 28.5 Å². The van der Waals surface area contributed by atoms with Gasteiger partial charge in [0.1, 0.15) is 11.9 Å². The zero-order valence-corrected chi connectivity index (χ0v) is 14.6. The van der Waals surface area contributed by atoms with Crippen molar-refractivity contribution in [2.75, 3.05) is 13.1 Å². The van der Waals surface area contributed by atoms with Crippen molar-refractivity contribution in [3.8, 4) is 0 Å². The Kier molecular flexibility index (Phi) is 5.24. The minimum absolute atomic E-state index is 0.0115. The van der Waals surface area contributed by atoms with Crippen LogP contribution in [0.1, 0.15) is 30.5 Å². The maximum atomic E-state index is 13.4. The smallest absolute Gasteiger partial charge is 0.279 e. The third kappa shape index (κ3) is 3.69. The van der Waals surface area contributed by atoms with Gasteiger partial charge in [-0.2, -0.15) is 0 Å². The van der Waals surface area contributed by atoms with Crippen LogP contribution in [-0.4, -0.2) is 57.9 Å². The molecule has 3 rings (SSSR count). The first-order valence-corrected chi connectivity index (χ1v) is 8.49. The second-order valence-electron chi connectivity index (χ2n) is 6.37. The highest BCUT2D eigenvalue weighted by atomic mass is 19.1. The van der Waals surface area contributed by atoms with Crippen LogP contribution in [0.2, 0.25) is 0 Å². The molecule has 2 aliphatic rings. The van der Waals surface area contributed by atoms with Gasteiger partial charge in [-0.05, 0) is 34.8 Å². The predicted octanol–water partition coefficient (Wildman–Crippen LogP) is 1.25. The molecule has 1 aromatic rings. The number of nitrogens with zero attached hydrogens (tertiary/aromatic N) is 3. The summed E-state index contributed by atoms with van der Waals surface area (Å²) < 4.78 is 18.8. The number of carbonyl (C=O) groups excluding carboxylic acids is 1. The van der Waals surface area contributed by atoms with Gasteiger partial charge in [0.15, 0.2) is 11.5 Å². The number of ether oxygens (including phenoxy) is 1. The predicted molar refractivity (Wildman–Crippen MR) is 93.9 cm³/mol. The lowest BCUT2D eigenvalue weighted by atomic mass is 9.83. The Labute approximate surface area is 154 Å². The third-order valence-electron chi connectivity index (χ3n) is 4.64. The highest BCUT2D eigenvalue weighted by Crippen LogP contribution is 2.33. The highest BCUT2D eigenvalue weighted by Gasteiger charge is 2.35. The molecule has 0 saturated carbocycles. The van der Waals surface area contributed by atoms with E-state index < -0.39 is 17.7 Å². The summed E-state index contributed by atoms with van der Waals surface area (Å²) >= 11 is 0. The minimum atomic E-state index is -0.454. The van der Waals surface area contributed by atoms with Crippen molar-refractivity contribution in [1.29, 1.82) is 5.41 Å². The largest absolute Gasteiger partial charge is 0.467 e. The van der Waals surface area contributed by atoms with Crippen LogP contribution in [0.25, 0.3) is 0 Å². The molecule has 144 valence electrons. The molecule has 1 atom stereocenters. The van der Waals surface area contributed by atoms with E-state index in [4.69, 9.17) is 15.4 Å². The first kappa shape index (κ1) is 18.6. The average Bonchev–Trinajstić information content (AvgIpc) is 2.62. The fourth-order valence-corrected chi connectivity index (χ4v) is 3.05. The second-order valence-corrected chi connectivity index (χ2v) is 6.37. The molecular weight excluding hydrogens is 357 g/mol. The number of fused-ring (bicyclic) bond motifs is 1. The number of oxime groups is 2. The first-order chi connectivity index (χ1) is 13.0. The van der Waals surface area contributed by atoms with Gasteiger partial charge in [-0.15, -0.1) is 0 Å². The van der Waals surface area contributed by atoms with Crippen LogP contribution in [0.5, 0.6) is 0 Å². The summed E-state index contributed by atoms with van der Waals surface area (Å²) in [5.41, 5.74) is 1.21. The van der Waals surface area contributed by atoms with Crippen molar-refractivity contribution in [1.82, 2.24) is 10.2 Å². The molecule has 1 aliphatic heterocycles. The average molecular weight is 377 g/mol. The van der Waals surface area contributed by atoms with Crippen molar-refractivity contribution in [3.05, 3.63) is 35.1 Å². The molecule has 0 bridgehead atoms. The number of hydrogen-bond donors (Lipinski definition) is 4. The van der Waals surface area contributed by atoms with E-state index in [2.05, 4.69) is 15.6 Å². The molecular formula is C17H20FN5O4. The number of rotatable bonds is 5. The fraction of sp³-hybridized carbons (Fsp3) is 0.412. The summed E-state index contributed by atoms with van der Waals surface area (Å²) in [6.07, 6.45) is 0.550. The number of nitrogens with one attached hydrogen (secondary N) is 2. The fourth-order valence-electron chi connectivity index (χ4n) is 3.05. The molecule has 9 nitrogen and oxygen atoms in total. The van der Waals surface area contributed by atoms with Crippen molar-refractivity contribution < 1.29 is 24.3 Å². The Balaban J connectivity index is 1.59. The maximum absolute atomic E-state index is 13.4. The number of amides is 1. The SMILES string of the molecule is CCC(=O)N1CC(O/C(=N/O)C(=N)/C(=N/O)N[C@H]2Cc3ccc(F)cc32)C1. The van der Waals surface area contributed by atoms with E-state index in [1.54, 1.807) is 17.9 Å². The Bertz CT molecular complexity index is 820. The summed E-state index contributed by atoms with van der Waals surface area (Å²) in [5, 5.41) is 35.3. The van der Waals surface area contributed by atoms with Crippen LogP contribution in [0.3, 0.4) is 0 Å². The molecule has 1 heterocycles. The number of likely N-dealkylation sites (tertiary alicyclic amines) is 1. The van der Waals surface area contributed by atoms with E-state index >= 15 is 0 Å². The van der Waals surface area contributed by atoms with Crippen LogP contribution >= 0.6 is 0 Å². The molecule has 4 N–H and O–H groups in total. The van der Waals surface area contributed by atoms with Crippen LogP contribution in [0, 0.1) is 11.2 Å². The van der Waals surface area contributed by atoms with E-state index in [1.807, 2.05) is 0 Å². The second kappa shape index (κ2) is 7.60. The standard InChI is InChI=1S/C17H20FN5O4/c1-2-14(24)23-7-11(8-23)27-17(22-26)15(19)16(21-25)20-13-5-9-3-4-10(18)6-12(9)13/h3-4,6,11,13,19,25-26H,2,5,7-8H2,1H3,(H,20,21)/b19-15?,22-17+/t13-/m0/s1. The van der Waals surface area contributed by atoms with Gasteiger partial charge in [0, 0.05) is 6.42 Å². The lowest BCUT2D eigenvalue weighted by molar-refractivity contribution is -0.140. The summed E-state index contributed by atoms with van der Waals surface area (Å²) in [6.45, 7) is 2.41. The maximum Gasteiger partial charge on any atom is 0.279 e. The molecule has 1 amide bonds. The van der Waals surface area contributed by atoms with Gasteiger partial charge in [-0.1, -0.05) is 18.1 Å². The lowest BCUT2D eigenvalue weighted by Gasteiger charge is -2.38. The van der Waals surface area contributed by atoms with Crippen molar-refractivity contribution in [2.45, 2.75) is 31.9 Å². The van der Waals surface area contributed by atoms with Gasteiger partial charge in [0.05, 0.1) is 19.1 Å². The van der Waals surface area contributed by atoms with E-state index in [9.17, 15) is 14.4 Å². The Morgan fingerprint density at radius 1 is 1.41 bits per heavy atom. The van der Waals surface area contributed by atoms with E-state index in [0.717, 1.165) is 5.56 Å². The molecule has 1 aliphatic carbocycles. The molecule has 1 aromatic carbocycles. The van der Waals surface area contributed by atoms with Gasteiger partial charge < -0.3 is 25.4 Å². The summed E-state index contributed by atoms with van der Waals surface area (Å²) in [6, 6.07) is 4.09. The van der Waals surface area contributed by atoms with Crippen LogP contribution < -0.4 is 5.32 Å². The molecule has 1 fully saturated rings. The molecule has 27 heavy (non-hydrogen) atoms. The lowest BCUT2D eigenvalue weighted by Crippen LogP contribution is -2.56. The van der Waals surface area contributed by atoms with Crippen LogP contribution in [-0.2, 0) is 16.0 Å². The van der Waals surface area contributed by atoms with E-state index in [0.29, 0.717) is 31.5 Å². The highest BCUT2D eigenvalue weighted by molar-refractivity contribution is 6.65. The summed E-state index contributed by atoms with van der Waals surface area (Å²) in [4.78, 5) is 13.1. The molecule has 1 saturated heterocycles. The van der Waals surface area contributed by atoms with Crippen molar-refractivity contribution in [3.63, 3.8) is 0 Å². The van der Waals surface area contributed by atoms with Gasteiger partial charge >= 0.3 is 0 Å². The number of hydrogen-bond acceptors (Lipinski definition) is 7. The monoisotopic (exact) mass is 377 g/mol. The third-order valence-corrected chi connectivity index (χ3v) is 4.64. The number of benzene rings is 1. The van der Waals surface area contributed by atoms with Crippen molar-refractivity contribution >= 4 is 23.4 Å². The Morgan fingerprint density at radius 2 is 2.15 bits per heavy atom. The normalized spacial score (nSPS) is 19.6. The zero-order chi connectivity index (χ0) is 19.6. The summed E-state index contributed by atoms with van der Waals surface area (Å²) in [5.74, 6) is -1.08. The molecule has 0 unspecified atom stereocenters. The van der Waals surface area contributed by atoms with Gasteiger partial charge in [-0.25, -0.2) is 4.39 Å². The molecule has 0 spiro atoms. The molecule has 0 aromatic heterocycles. The zero-order valence-electron chi connectivity index (χ0n) is 14.6. The van der Waals surface area contributed by atoms with E-state index in [-0.39, 0.29) is 23.6 Å². The quantitative estimate of drug-likeness (QED) is 0.265. The minimum Gasteiger partial charge on any atom is -0.467 e. The van der Waals surface area contributed by atoms with Gasteiger partial charge in [0.2, 0.25) is 5.91 Å². The van der Waals surface area contributed by atoms with E-state index in [1.165, 1.54) is 12.1 Å². The Hall–Kier alpha value is -3.17. The van der Waals surface area contributed by atoms with Gasteiger partial charge in [0.25, 0.3) is 5.90 Å². The molecule has 10 heteroatoms. The topological polar surface area (TPSA) is 131 Å². The Morgan fingerprint density at radius 3 is 2.78 bits per heavy atom.